The Labute approximate surface area is 162 Å². The van der Waals surface area contributed by atoms with Gasteiger partial charge in [0.1, 0.15) is 11.4 Å². The van der Waals surface area contributed by atoms with Gasteiger partial charge in [0, 0.05) is 23.5 Å². The van der Waals surface area contributed by atoms with Gasteiger partial charge in [0.05, 0.1) is 0 Å². The maximum Gasteiger partial charge on any atom is 0.282 e. The lowest BCUT2D eigenvalue weighted by Crippen LogP contribution is -2.26. The van der Waals surface area contributed by atoms with E-state index in [2.05, 4.69) is 20.2 Å². The molecule has 28 heavy (non-hydrogen) atoms. The number of carbonyl (C=O) groups is 1. The zero-order valence-electron chi connectivity index (χ0n) is 15.3. The molecule has 0 spiro atoms. The molecule has 3 rings (SSSR count). The average molecular weight is 402 g/mol. The van der Waals surface area contributed by atoms with Gasteiger partial charge in [-0.25, -0.2) is 4.39 Å². The highest BCUT2D eigenvalue weighted by Gasteiger charge is 2.28. The molecule has 9 heteroatoms. The number of halogens is 1. The predicted octanol–water partition coefficient (Wildman–Crippen LogP) is 2.90. The summed E-state index contributed by atoms with van der Waals surface area (Å²) in [5, 5.41) is 8.42. The van der Waals surface area contributed by atoms with E-state index in [4.69, 9.17) is 0 Å². The van der Waals surface area contributed by atoms with Crippen molar-refractivity contribution >= 4 is 21.6 Å². The number of carbonyl (C=O) groups excluding carboxylic acids is 1. The highest BCUT2D eigenvalue weighted by molar-refractivity contribution is 7.92. The highest BCUT2D eigenvalue weighted by Crippen LogP contribution is 2.20. The number of H-pyrrole nitrogens is 1. The fraction of sp³-hybridized carbons (Fsp3) is 0.158. The molecular formula is C19H19FN4O3S. The SMILES string of the molecule is Cc1ccc(NS(=O)(=O)c2n[nH]c(C)c2C(=O)NCc2ccccc2F)cc1. The molecule has 7 nitrogen and oxygen atoms in total. The third kappa shape index (κ3) is 4.20. The fourth-order valence-corrected chi connectivity index (χ4v) is 3.82. The van der Waals surface area contributed by atoms with Crippen LogP contribution in [0.25, 0.3) is 0 Å². The fourth-order valence-electron chi connectivity index (χ4n) is 2.60. The molecule has 0 saturated carbocycles. The summed E-state index contributed by atoms with van der Waals surface area (Å²) in [5.74, 6) is -1.13. The van der Waals surface area contributed by atoms with Crippen LogP contribution in [0.2, 0.25) is 0 Å². The van der Waals surface area contributed by atoms with Crippen LogP contribution >= 0.6 is 0 Å². The van der Waals surface area contributed by atoms with Crippen molar-refractivity contribution in [3.05, 3.63) is 76.7 Å². The first kappa shape index (κ1) is 19.6. The standard InChI is InChI=1S/C19H19FN4O3S/c1-12-7-9-15(10-8-12)24-28(26,27)19-17(13(2)22-23-19)18(25)21-11-14-5-3-4-6-16(14)20/h3-10,24H,11H2,1-2H3,(H,21,25)(H,22,23). The van der Waals surface area contributed by atoms with Gasteiger partial charge in [-0.3, -0.25) is 14.6 Å². The summed E-state index contributed by atoms with van der Waals surface area (Å²) in [4.78, 5) is 12.6. The minimum absolute atomic E-state index is 0.0823. The van der Waals surface area contributed by atoms with Crippen LogP contribution < -0.4 is 10.0 Å². The Balaban J connectivity index is 1.83. The van der Waals surface area contributed by atoms with E-state index < -0.39 is 26.8 Å². The van der Waals surface area contributed by atoms with E-state index in [9.17, 15) is 17.6 Å². The topological polar surface area (TPSA) is 104 Å². The van der Waals surface area contributed by atoms with Crippen LogP contribution in [0.4, 0.5) is 10.1 Å². The summed E-state index contributed by atoms with van der Waals surface area (Å²) < 4.78 is 41.6. The largest absolute Gasteiger partial charge is 0.348 e. The van der Waals surface area contributed by atoms with Crippen molar-refractivity contribution in [3.63, 3.8) is 0 Å². The zero-order valence-corrected chi connectivity index (χ0v) is 16.1. The van der Waals surface area contributed by atoms with E-state index in [0.29, 0.717) is 11.3 Å². The molecule has 0 aliphatic carbocycles. The summed E-state index contributed by atoms with van der Waals surface area (Å²) in [7, 11) is -4.10. The molecule has 1 heterocycles. The van der Waals surface area contributed by atoms with Gasteiger partial charge in [0.25, 0.3) is 15.9 Å². The molecule has 1 amide bonds. The van der Waals surface area contributed by atoms with Gasteiger partial charge in [-0.1, -0.05) is 35.9 Å². The second kappa shape index (κ2) is 7.81. The number of nitrogens with one attached hydrogen (secondary N) is 3. The van der Waals surface area contributed by atoms with Crippen molar-refractivity contribution in [1.29, 1.82) is 0 Å². The number of hydrogen-bond acceptors (Lipinski definition) is 4. The zero-order chi connectivity index (χ0) is 20.3. The Hall–Kier alpha value is -3.20. The molecule has 3 N–H and O–H groups in total. The van der Waals surface area contributed by atoms with Gasteiger partial charge >= 0.3 is 0 Å². The first-order valence-electron chi connectivity index (χ1n) is 8.44. The number of sulfonamides is 1. The maximum absolute atomic E-state index is 13.7. The average Bonchev–Trinajstić information content (AvgIpc) is 3.05. The third-order valence-electron chi connectivity index (χ3n) is 4.10. The van der Waals surface area contributed by atoms with Crippen molar-refractivity contribution in [1.82, 2.24) is 15.5 Å². The summed E-state index contributed by atoms with van der Waals surface area (Å²) >= 11 is 0. The van der Waals surface area contributed by atoms with Crippen LogP contribution in [0.1, 0.15) is 27.2 Å². The monoisotopic (exact) mass is 402 g/mol. The second-order valence-electron chi connectivity index (χ2n) is 6.27. The number of aromatic nitrogens is 2. The van der Waals surface area contributed by atoms with Crippen molar-refractivity contribution in [3.8, 4) is 0 Å². The summed E-state index contributed by atoms with van der Waals surface area (Å²) in [6.07, 6.45) is 0. The summed E-state index contributed by atoms with van der Waals surface area (Å²) in [5.41, 5.74) is 1.79. The number of nitrogens with zero attached hydrogens (tertiary/aromatic N) is 1. The molecule has 0 unspecified atom stereocenters. The lowest BCUT2D eigenvalue weighted by molar-refractivity contribution is 0.0946. The molecule has 0 bridgehead atoms. The number of aryl methyl sites for hydroxylation is 2. The first-order chi connectivity index (χ1) is 13.3. The molecule has 0 radical (unpaired) electrons. The number of amides is 1. The van der Waals surface area contributed by atoms with Crippen molar-refractivity contribution < 1.29 is 17.6 Å². The smallest absolute Gasteiger partial charge is 0.282 e. The van der Waals surface area contributed by atoms with Crippen LogP contribution in [0.3, 0.4) is 0 Å². The van der Waals surface area contributed by atoms with Crippen LogP contribution in [-0.2, 0) is 16.6 Å². The van der Waals surface area contributed by atoms with Gasteiger partial charge in [-0.05, 0) is 32.0 Å². The number of anilines is 1. The van der Waals surface area contributed by atoms with E-state index in [0.717, 1.165) is 5.56 Å². The summed E-state index contributed by atoms with van der Waals surface area (Å²) in [6.45, 7) is 3.34. The van der Waals surface area contributed by atoms with Crippen LogP contribution in [-0.4, -0.2) is 24.5 Å². The van der Waals surface area contributed by atoms with Gasteiger partial charge in [-0.2, -0.15) is 13.5 Å². The predicted molar refractivity (Wildman–Crippen MR) is 103 cm³/mol. The molecular weight excluding hydrogens is 383 g/mol. The molecule has 0 fully saturated rings. The van der Waals surface area contributed by atoms with E-state index in [1.165, 1.54) is 19.1 Å². The normalized spacial score (nSPS) is 11.2. The third-order valence-corrected chi connectivity index (χ3v) is 5.41. The lowest BCUT2D eigenvalue weighted by atomic mass is 10.2. The van der Waals surface area contributed by atoms with E-state index in [1.54, 1.807) is 36.4 Å². The molecule has 0 atom stereocenters. The van der Waals surface area contributed by atoms with Crippen molar-refractivity contribution in [2.24, 2.45) is 0 Å². The van der Waals surface area contributed by atoms with E-state index >= 15 is 0 Å². The molecule has 1 aromatic heterocycles. The maximum atomic E-state index is 13.7. The number of aromatic amines is 1. The van der Waals surface area contributed by atoms with Gasteiger partial charge < -0.3 is 5.32 Å². The lowest BCUT2D eigenvalue weighted by Gasteiger charge is -2.09. The minimum atomic E-state index is -4.10. The molecule has 2 aromatic carbocycles. The van der Waals surface area contributed by atoms with Gasteiger partial charge in [0.15, 0.2) is 0 Å². The Kier molecular flexibility index (Phi) is 5.46. The Morgan fingerprint density at radius 1 is 1.11 bits per heavy atom. The Bertz CT molecular complexity index is 1110. The minimum Gasteiger partial charge on any atom is -0.348 e. The number of benzene rings is 2. The molecule has 0 saturated heterocycles. The summed E-state index contributed by atoms with van der Waals surface area (Å²) in [6, 6.07) is 12.8. The number of hydrogen-bond donors (Lipinski definition) is 3. The first-order valence-corrected chi connectivity index (χ1v) is 9.92. The van der Waals surface area contributed by atoms with Gasteiger partial charge in [0.2, 0.25) is 5.03 Å². The molecule has 146 valence electrons. The Morgan fingerprint density at radius 3 is 2.46 bits per heavy atom. The van der Waals surface area contributed by atoms with Crippen molar-refractivity contribution in [2.75, 3.05) is 4.72 Å². The van der Waals surface area contributed by atoms with Crippen LogP contribution in [0.15, 0.2) is 53.6 Å². The second-order valence-corrected chi connectivity index (χ2v) is 7.87. The quantitative estimate of drug-likeness (QED) is 0.590. The van der Waals surface area contributed by atoms with Crippen LogP contribution in [0.5, 0.6) is 0 Å². The Morgan fingerprint density at radius 2 is 1.79 bits per heavy atom. The van der Waals surface area contributed by atoms with E-state index in [-0.39, 0.29) is 17.8 Å². The molecule has 0 aliphatic rings. The van der Waals surface area contributed by atoms with Crippen molar-refractivity contribution in [2.45, 2.75) is 25.4 Å². The van der Waals surface area contributed by atoms with Gasteiger partial charge in [-0.15, -0.1) is 0 Å². The van der Waals surface area contributed by atoms with Crippen LogP contribution in [0, 0.1) is 19.7 Å². The highest BCUT2D eigenvalue weighted by atomic mass is 32.2. The number of rotatable bonds is 6. The molecule has 0 aliphatic heterocycles. The molecule has 3 aromatic rings. The van der Waals surface area contributed by atoms with E-state index in [1.807, 2.05) is 6.92 Å².